The molecule has 0 saturated carbocycles. The van der Waals surface area contributed by atoms with Crippen molar-refractivity contribution in [1.82, 2.24) is 0 Å². The number of primary amides is 1. The van der Waals surface area contributed by atoms with Gasteiger partial charge in [0.1, 0.15) is 5.82 Å². The summed E-state index contributed by atoms with van der Waals surface area (Å²) in [6.45, 7) is 0.874. The van der Waals surface area contributed by atoms with E-state index in [9.17, 15) is 14.0 Å². The molecule has 0 spiro atoms. The van der Waals surface area contributed by atoms with Crippen molar-refractivity contribution in [2.75, 3.05) is 28.6 Å². The second-order valence-corrected chi connectivity index (χ2v) is 5.85. The van der Waals surface area contributed by atoms with Gasteiger partial charge in [-0.1, -0.05) is 18.2 Å². The molecule has 4 N–H and O–H groups in total. The van der Waals surface area contributed by atoms with Crippen molar-refractivity contribution in [2.24, 2.45) is 5.73 Å². The zero-order valence-electron chi connectivity index (χ0n) is 13.6. The van der Waals surface area contributed by atoms with E-state index in [1.54, 1.807) is 24.3 Å². The zero-order chi connectivity index (χ0) is 17.8. The van der Waals surface area contributed by atoms with Gasteiger partial charge < -0.3 is 21.3 Å². The third-order valence-electron chi connectivity index (χ3n) is 4.06. The Hall–Kier alpha value is -3.09. The summed E-state index contributed by atoms with van der Waals surface area (Å²) in [5, 5.41) is 5.26. The topological polar surface area (TPSA) is 87.5 Å². The number of halogens is 1. The lowest BCUT2D eigenvalue weighted by atomic mass is 9.99. The molecular formula is C18H19FN4O2. The number of anilines is 3. The van der Waals surface area contributed by atoms with Crippen molar-refractivity contribution in [1.29, 1.82) is 0 Å². The molecule has 6 nitrogen and oxygen atoms in total. The first kappa shape index (κ1) is 16.8. The van der Waals surface area contributed by atoms with Crippen LogP contribution in [-0.2, 0) is 11.2 Å². The van der Waals surface area contributed by atoms with Crippen molar-refractivity contribution in [3.63, 3.8) is 0 Å². The predicted octanol–water partition coefficient (Wildman–Crippen LogP) is 2.71. The molecular weight excluding hydrogens is 323 g/mol. The summed E-state index contributed by atoms with van der Waals surface area (Å²) in [6.07, 6.45) is 1.63. The number of hydrogen-bond acceptors (Lipinski definition) is 3. The number of rotatable bonds is 4. The molecule has 0 radical (unpaired) electrons. The Morgan fingerprint density at radius 1 is 1.08 bits per heavy atom. The first-order chi connectivity index (χ1) is 12.0. The minimum atomic E-state index is -0.523. The largest absolute Gasteiger partial charge is 0.368 e. The predicted molar refractivity (Wildman–Crippen MR) is 95.2 cm³/mol. The molecule has 3 rings (SSSR count). The number of amides is 3. The van der Waals surface area contributed by atoms with Crippen LogP contribution in [0.15, 0.2) is 42.5 Å². The van der Waals surface area contributed by atoms with E-state index in [1.165, 1.54) is 12.1 Å². The average Bonchev–Trinajstić information content (AvgIpc) is 2.57. The fourth-order valence-electron chi connectivity index (χ4n) is 3.01. The molecule has 0 saturated heterocycles. The SMILES string of the molecule is NC(=O)CN1CCCc2c(NC(=O)Nc3ccccc3F)cccc21. The van der Waals surface area contributed by atoms with Gasteiger partial charge in [0.05, 0.1) is 12.2 Å². The molecule has 0 bridgehead atoms. The highest BCUT2D eigenvalue weighted by Gasteiger charge is 2.21. The zero-order valence-corrected chi connectivity index (χ0v) is 13.6. The van der Waals surface area contributed by atoms with E-state index in [0.29, 0.717) is 5.69 Å². The van der Waals surface area contributed by atoms with Gasteiger partial charge in [0, 0.05) is 17.9 Å². The summed E-state index contributed by atoms with van der Waals surface area (Å²) in [5.74, 6) is -0.899. The van der Waals surface area contributed by atoms with Gasteiger partial charge in [0.2, 0.25) is 5.91 Å². The number of carbonyl (C=O) groups excluding carboxylic acids is 2. The number of nitrogens with two attached hydrogens (primary N) is 1. The van der Waals surface area contributed by atoms with Gasteiger partial charge in [-0.3, -0.25) is 4.79 Å². The number of carbonyl (C=O) groups is 2. The lowest BCUT2D eigenvalue weighted by Gasteiger charge is -2.31. The van der Waals surface area contributed by atoms with Gasteiger partial charge in [-0.05, 0) is 42.7 Å². The number of hydrogen-bond donors (Lipinski definition) is 3. The molecule has 2 aromatic rings. The Bertz CT molecular complexity index is 809. The molecule has 1 aliphatic heterocycles. The van der Waals surface area contributed by atoms with E-state index >= 15 is 0 Å². The summed E-state index contributed by atoms with van der Waals surface area (Å²) in [4.78, 5) is 25.3. The Labute approximate surface area is 144 Å². The monoisotopic (exact) mass is 342 g/mol. The Kier molecular flexibility index (Phi) is 4.83. The van der Waals surface area contributed by atoms with E-state index < -0.39 is 17.8 Å². The fraction of sp³-hybridized carbons (Fsp3) is 0.222. The van der Waals surface area contributed by atoms with Crippen LogP contribution >= 0.6 is 0 Å². The highest BCUT2D eigenvalue weighted by Crippen LogP contribution is 2.32. The maximum atomic E-state index is 13.6. The summed E-state index contributed by atoms with van der Waals surface area (Å²) in [7, 11) is 0. The third kappa shape index (κ3) is 3.88. The van der Waals surface area contributed by atoms with Crippen molar-refractivity contribution in [3.05, 3.63) is 53.8 Å². The number of nitrogens with zero attached hydrogens (tertiary/aromatic N) is 1. The number of para-hydroxylation sites is 1. The summed E-state index contributed by atoms with van der Waals surface area (Å²) in [5.41, 5.74) is 7.88. The minimum Gasteiger partial charge on any atom is -0.368 e. The molecule has 0 unspecified atom stereocenters. The molecule has 0 fully saturated rings. The van der Waals surface area contributed by atoms with Crippen molar-refractivity contribution < 1.29 is 14.0 Å². The van der Waals surface area contributed by atoms with Crippen LogP contribution < -0.4 is 21.3 Å². The van der Waals surface area contributed by atoms with Crippen LogP contribution in [0.5, 0.6) is 0 Å². The average molecular weight is 342 g/mol. The van der Waals surface area contributed by atoms with E-state index in [0.717, 1.165) is 30.6 Å². The Morgan fingerprint density at radius 3 is 2.56 bits per heavy atom. The lowest BCUT2D eigenvalue weighted by Crippen LogP contribution is -2.37. The maximum Gasteiger partial charge on any atom is 0.323 e. The molecule has 7 heteroatoms. The highest BCUT2D eigenvalue weighted by atomic mass is 19.1. The van der Waals surface area contributed by atoms with Crippen LogP contribution in [0.1, 0.15) is 12.0 Å². The molecule has 0 aromatic heterocycles. The highest BCUT2D eigenvalue weighted by molar-refractivity contribution is 6.01. The van der Waals surface area contributed by atoms with Gasteiger partial charge in [0.25, 0.3) is 0 Å². The third-order valence-corrected chi connectivity index (χ3v) is 4.06. The second kappa shape index (κ2) is 7.21. The van der Waals surface area contributed by atoms with E-state index in [4.69, 9.17) is 5.73 Å². The summed E-state index contributed by atoms with van der Waals surface area (Å²) in [6, 6.07) is 10.9. The normalized spacial score (nSPS) is 13.1. The molecule has 0 atom stereocenters. The second-order valence-electron chi connectivity index (χ2n) is 5.85. The van der Waals surface area contributed by atoms with Gasteiger partial charge >= 0.3 is 6.03 Å². The number of fused-ring (bicyclic) bond motifs is 1. The Morgan fingerprint density at radius 2 is 1.80 bits per heavy atom. The number of benzene rings is 2. The molecule has 130 valence electrons. The van der Waals surface area contributed by atoms with E-state index in [2.05, 4.69) is 10.6 Å². The van der Waals surface area contributed by atoms with Crippen LogP contribution in [0, 0.1) is 5.82 Å². The van der Waals surface area contributed by atoms with Crippen LogP contribution in [0.25, 0.3) is 0 Å². The van der Waals surface area contributed by atoms with Crippen LogP contribution in [0.2, 0.25) is 0 Å². The van der Waals surface area contributed by atoms with E-state index in [-0.39, 0.29) is 12.2 Å². The lowest BCUT2D eigenvalue weighted by molar-refractivity contribution is -0.116. The van der Waals surface area contributed by atoms with E-state index in [1.807, 2.05) is 11.0 Å². The summed E-state index contributed by atoms with van der Waals surface area (Å²) >= 11 is 0. The Balaban J connectivity index is 1.78. The number of nitrogens with one attached hydrogen (secondary N) is 2. The molecule has 0 aliphatic carbocycles. The standard InChI is InChI=1S/C18H19FN4O2/c19-13-6-1-2-7-15(13)22-18(25)21-14-8-3-9-16-12(14)5-4-10-23(16)11-17(20)24/h1-3,6-9H,4-5,10-11H2,(H2,20,24)(H2,21,22,25). The molecule has 25 heavy (non-hydrogen) atoms. The van der Waals surface area contributed by atoms with Crippen LogP contribution in [0.3, 0.4) is 0 Å². The van der Waals surface area contributed by atoms with Gasteiger partial charge in [-0.15, -0.1) is 0 Å². The first-order valence-electron chi connectivity index (χ1n) is 8.02. The molecule has 1 aliphatic rings. The molecule has 3 amide bonds. The maximum absolute atomic E-state index is 13.6. The van der Waals surface area contributed by atoms with Gasteiger partial charge in [-0.25, -0.2) is 9.18 Å². The first-order valence-corrected chi connectivity index (χ1v) is 8.02. The summed E-state index contributed by atoms with van der Waals surface area (Å²) < 4.78 is 13.6. The fourth-order valence-corrected chi connectivity index (χ4v) is 3.01. The number of urea groups is 1. The van der Waals surface area contributed by atoms with Crippen LogP contribution in [0.4, 0.5) is 26.2 Å². The van der Waals surface area contributed by atoms with Crippen molar-refractivity contribution in [3.8, 4) is 0 Å². The van der Waals surface area contributed by atoms with Gasteiger partial charge in [0.15, 0.2) is 0 Å². The van der Waals surface area contributed by atoms with Crippen LogP contribution in [-0.4, -0.2) is 25.0 Å². The molecule has 2 aromatic carbocycles. The smallest absolute Gasteiger partial charge is 0.323 e. The van der Waals surface area contributed by atoms with Crippen molar-refractivity contribution in [2.45, 2.75) is 12.8 Å². The van der Waals surface area contributed by atoms with Gasteiger partial charge in [-0.2, -0.15) is 0 Å². The molecule has 1 heterocycles. The quantitative estimate of drug-likeness (QED) is 0.798. The minimum absolute atomic E-state index is 0.111. The van der Waals surface area contributed by atoms with Crippen molar-refractivity contribution >= 4 is 29.0 Å².